The Kier molecular flexibility index (Phi) is 6.21. The molecule has 0 bridgehead atoms. The van der Waals surface area contributed by atoms with Gasteiger partial charge in [0.2, 0.25) is 0 Å². The van der Waals surface area contributed by atoms with E-state index >= 15 is 0 Å². The largest absolute Gasteiger partial charge is 0.493 e. The number of fused-ring (bicyclic) bond motifs is 6. The third-order valence-corrected chi connectivity index (χ3v) is 6.64. The third-order valence-electron chi connectivity index (χ3n) is 6.64. The number of rotatable bonds is 8. The van der Waals surface area contributed by atoms with Crippen LogP contribution in [0.15, 0.2) is 93.8 Å². The van der Waals surface area contributed by atoms with Crippen molar-refractivity contribution in [3.8, 4) is 11.5 Å². The summed E-state index contributed by atoms with van der Waals surface area (Å²) in [6.45, 7) is 0. The highest BCUT2D eigenvalue weighted by atomic mass is 16.5. The van der Waals surface area contributed by atoms with Crippen LogP contribution in [0.4, 0.5) is 0 Å². The molecule has 2 aromatic heterocycles. The van der Waals surface area contributed by atoms with E-state index in [0.717, 1.165) is 43.8 Å². The summed E-state index contributed by atoms with van der Waals surface area (Å²) in [7, 11) is 3.15. The van der Waals surface area contributed by atoms with E-state index in [2.05, 4.69) is 0 Å². The number of ether oxygens (including phenoxy) is 2. The molecular weight excluding hydrogens is 492 g/mol. The Labute approximate surface area is 223 Å². The van der Waals surface area contributed by atoms with Gasteiger partial charge in [-0.2, -0.15) is 0 Å². The average molecular weight is 517 g/mol. The molecule has 0 aliphatic heterocycles. The summed E-state index contributed by atoms with van der Waals surface area (Å²) in [6, 6.07) is 23.0. The number of hydrogen-bond acceptors (Lipinski definition) is 6. The van der Waals surface area contributed by atoms with Crippen molar-refractivity contribution in [2.45, 2.75) is 6.42 Å². The Balaban J connectivity index is 1.20. The Morgan fingerprint density at radius 2 is 1.08 bits per heavy atom. The summed E-state index contributed by atoms with van der Waals surface area (Å²) < 4.78 is 22.9. The highest BCUT2D eigenvalue weighted by molar-refractivity contribution is 6.12. The van der Waals surface area contributed by atoms with Crippen molar-refractivity contribution in [3.05, 3.63) is 96.1 Å². The molecule has 0 spiro atoms. The van der Waals surface area contributed by atoms with E-state index in [4.69, 9.17) is 18.3 Å². The van der Waals surface area contributed by atoms with Crippen molar-refractivity contribution in [1.29, 1.82) is 0 Å². The zero-order valence-corrected chi connectivity index (χ0v) is 21.4. The Bertz CT molecular complexity index is 1810. The smallest absolute Gasteiger partial charge is 0.177 e. The van der Waals surface area contributed by atoms with Gasteiger partial charge in [-0.05, 0) is 59.7 Å². The molecule has 39 heavy (non-hydrogen) atoms. The molecule has 192 valence electrons. The van der Waals surface area contributed by atoms with Crippen LogP contribution in [0, 0.1) is 0 Å². The monoisotopic (exact) mass is 516 g/mol. The summed E-state index contributed by atoms with van der Waals surface area (Å²) >= 11 is 0. The lowest BCUT2D eigenvalue weighted by Crippen LogP contribution is -2.01. The minimum Gasteiger partial charge on any atom is -0.493 e. The molecule has 6 nitrogen and oxygen atoms in total. The molecule has 2 heterocycles. The fourth-order valence-electron chi connectivity index (χ4n) is 4.80. The van der Waals surface area contributed by atoms with Crippen molar-refractivity contribution in [2.75, 3.05) is 14.2 Å². The van der Waals surface area contributed by atoms with Crippen LogP contribution >= 0.6 is 0 Å². The third kappa shape index (κ3) is 4.57. The van der Waals surface area contributed by atoms with E-state index in [-0.39, 0.29) is 18.0 Å². The quantitative estimate of drug-likeness (QED) is 0.152. The van der Waals surface area contributed by atoms with E-state index in [0.29, 0.717) is 22.7 Å². The van der Waals surface area contributed by atoms with Gasteiger partial charge >= 0.3 is 0 Å². The number of allylic oxidation sites excluding steroid dienone is 2. The van der Waals surface area contributed by atoms with Gasteiger partial charge in [0, 0.05) is 21.5 Å². The number of carbonyl (C=O) groups excluding carboxylic acids is 2. The number of methoxy groups -OCH3 is 2. The molecule has 0 atom stereocenters. The summed E-state index contributed by atoms with van der Waals surface area (Å²) in [5.41, 5.74) is 4.38. The summed E-state index contributed by atoms with van der Waals surface area (Å²) in [5, 5.41) is 3.72. The number of hydrogen-bond donors (Lipinski definition) is 0. The second-order valence-corrected chi connectivity index (χ2v) is 9.17. The Morgan fingerprint density at radius 1 is 0.641 bits per heavy atom. The van der Waals surface area contributed by atoms with Crippen molar-refractivity contribution in [1.82, 2.24) is 0 Å². The maximum Gasteiger partial charge on any atom is 0.177 e. The number of para-hydroxylation sites is 2. The van der Waals surface area contributed by atoms with Crippen LogP contribution in [0.1, 0.15) is 17.5 Å². The number of ketones is 2. The van der Waals surface area contributed by atoms with Crippen LogP contribution in [-0.2, 0) is 9.59 Å². The van der Waals surface area contributed by atoms with Crippen molar-refractivity contribution >= 4 is 67.6 Å². The molecule has 0 saturated heterocycles. The molecule has 0 saturated carbocycles. The molecular formula is C33H24O6. The number of benzene rings is 4. The van der Waals surface area contributed by atoms with Gasteiger partial charge in [-0.15, -0.1) is 0 Å². The van der Waals surface area contributed by atoms with Gasteiger partial charge in [-0.1, -0.05) is 48.6 Å². The van der Waals surface area contributed by atoms with Gasteiger partial charge in [0.25, 0.3) is 0 Å². The zero-order valence-electron chi connectivity index (χ0n) is 21.4. The van der Waals surface area contributed by atoms with Crippen molar-refractivity contribution in [2.24, 2.45) is 0 Å². The minimum absolute atomic E-state index is 0.241. The van der Waals surface area contributed by atoms with E-state index in [1.807, 2.05) is 60.7 Å². The van der Waals surface area contributed by atoms with E-state index < -0.39 is 0 Å². The molecule has 6 heteroatoms. The van der Waals surface area contributed by atoms with Gasteiger partial charge < -0.3 is 18.3 Å². The van der Waals surface area contributed by atoms with Crippen LogP contribution in [-0.4, -0.2) is 25.8 Å². The lowest BCUT2D eigenvalue weighted by atomic mass is 10.1. The standard InChI is InChI=1S/C33H24O6/c1-36-30-17-20(15-26-24-7-3-5-9-28(24)38-32(26)30)11-13-22(34)19-23(35)14-12-21-16-27-25-8-4-6-10-29(25)39-33(27)31(18-21)37-2/h3-18H,19H2,1-2H3/b13-11+,14-12+. The molecule has 0 amide bonds. The zero-order chi connectivity index (χ0) is 26.9. The fourth-order valence-corrected chi connectivity index (χ4v) is 4.80. The second kappa shape index (κ2) is 9.99. The Morgan fingerprint density at radius 3 is 1.51 bits per heavy atom. The molecule has 0 fully saturated rings. The summed E-state index contributed by atoms with van der Waals surface area (Å²) in [6.07, 6.45) is 5.97. The van der Waals surface area contributed by atoms with Crippen LogP contribution in [0.25, 0.3) is 56.0 Å². The predicted octanol–water partition coefficient (Wildman–Crippen LogP) is 7.76. The first-order valence-corrected chi connectivity index (χ1v) is 12.4. The average Bonchev–Trinajstić information content (AvgIpc) is 3.52. The van der Waals surface area contributed by atoms with E-state index in [1.165, 1.54) is 12.2 Å². The highest BCUT2D eigenvalue weighted by Crippen LogP contribution is 2.37. The van der Waals surface area contributed by atoms with E-state index in [9.17, 15) is 9.59 Å². The first kappa shape index (κ1) is 24.2. The van der Waals surface area contributed by atoms with Gasteiger partial charge in [0.05, 0.1) is 20.6 Å². The van der Waals surface area contributed by atoms with Crippen LogP contribution in [0.2, 0.25) is 0 Å². The SMILES string of the molecule is COc1cc(/C=C/C(=O)CC(=O)/C=C/c2cc(OC)c3oc4ccccc4c3c2)cc2c1oc1ccccc12. The highest BCUT2D eigenvalue weighted by Gasteiger charge is 2.14. The molecule has 0 unspecified atom stereocenters. The fraction of sp³-hybridized carbons (Fsp3) is 0.0909. The first-order valence-electron chi connectivity index (χ1n) is 12.4. The normalized spacial score (nSPS) is 11.9. The number of carbonyl (C=O) groups is 2. The summed E-state index contributed by atoms with van der Waals surface area (Å²) in [5.74, 6) is 0.560. The lowest BCUT2D eigenvalue weighted by molar-refractivity contribution is -0.121. The predicted molar refractivity (Wildman–Crippen MR) is 153 cm³/mol. The molecule has 6 aromatic rings. The van der Waals surface area contributed by atoms with Crippen LogP contribution < -0.4 is 9.47 Å². The Hall–Kier alpha value is -5.10. The summed E-state index contributed by atoms with van der Waals surface area (Å²) in [4.78, 5) is 25.2. The molecule has 0 aliphatic rings. The minimum atomic E-state index is -0.297. The van der Waals surface area contributed by atoms with Crippen molar-refractivity contribution < 1.29 is 27.9 Å². The van der Waals surface area contributed by atoms with Crippen LogP contribution in [0.5, 0.6) is 11.5 Å². The van der Waals surface area contributed by atoms with E-state index in [1.54, 1.807) is 38.5 Å². The molecule has 6 rings (SSSR count). The van der Waals surface area contributed by atoms with Gasteiger partial charge in [0.1, 0.15) is 11.2 Å². The van der Waals surface area contributed by atoms with Gasteiger partial charge in [-0.3, -0.25) is 9.59 Å². The maximum absolute atomic E-state index is 12.6. The van der Waals surface area contributed by atoms with Gasteiger partial charge in [-0.25, -0.2) is 0 Å². The molecule has 4 aromatic carbocycles. The first-order chi connectivity index (χ1) is 19.0. The lowest BCUT2D eigenvalue weighted by Gasteiger charge is -2.03. The molecule has 0 N–H and O–H groups in total. The molecule has 0 radical (unpaired) electrons. The second-order valence-electron chi connectivity index (χ2n) is 9.17. The molecule has 0 aliphatic carbocycles. The van der Waals surface area contributed by atoms with Crippen molar-refractivity contribution in [3.63, 3.8) is 0 Å². The van der Waals surface area contributed by atoms with Crippen LogP contribution in [0.3, 0.4) is 0 Å². The number of furan rings is 2. The maximum atomic E-state index is 12.6. The van der Waals surface area contributed by atoms with Gasteiger partial charge in [0.15, 0.2) is 34.2 Å². The topological polar surface area (TPSA) is 78.9 Å².